The first-order valence-electron chi connectivity index (χ1n) is 8.96. The molecule has 3 rings (SSSR count). The van der Waals surface area contributed by atoms with Gasteiger partial charge in [-0.3, -0.25) is 4.79 Å². The zero-order valence-corrected chi connectivity index (χ0v) is 16.7. The largest absolute Gasteiger partial charge is 0.497 e. The van der Waals surface area contributed by atoms with Crippen molar-refractivity contribution in [2.75, 3.05) is 30.2 Å². The molecule has 2 aromatic carbocycles. The molecule has 0 saturated carbocycles. The van der Waals surface area contributed by atoms with Gasteiger partial charge in [-0.25, -0.2) is 4.98 Å². The molecule has 0 fully saturated rings. The summed E-state index contributed by atoms with van der Waals surface area (Å²) in [5.74, 6) is 2.32. The molecule has 3 aromatic rings. The van der Waals surface area contributed by atoms with Crippen molar-refractivity contribution < 1.29 is 14.3 Å². The molecule has 0 spiro atoms. The minimum atomic E-state index is -0.114. The van der Waals surface area contributed by atoms with E-state index in [1.54, 1.807) is 26.4 Å². The highest BCUT2D eigenvalue weighted by atomic mass is 16.5. The van der Waals surface area contributed by atoms with Gasteiger partial charge < -0.3 is 25.4 Å². The second-order valence-corrected chi connectivity index (χ2v) is 6.29. The second-order valence-electron chi connectivity index (χ2n) is 6.29. The molecular weight excluding hydrogens is 370 g/mol. The Morgan fingerprint density at radius 3 is 2.28 bits per heavy atom. The van der Waals surface area contributed by atoms with Crippen molar-refractivity contribution in [2.24, 2.45) is 0 Å². The molecule has 1 aromatic heterocycles. The minimum Gasteiger partial charge on any atom is -0.497 e. The fourth-order valence-corrected chi connectivity index (χ4v) is 2.71. The van der Waals surface area contributed by atoms with E-state index in [4.69, 9.17) is 9.47 Å². The molecule has 0 bridgehead atoms. The van der Waals surface area contributed by atoms with Crippen LogP contribution in [0.4, 0.5) is 28.8 Å². The van der Waals surface area contributed by atoms with Crippen molar-refractivity contribution in [3.63, 3.8) is 0 Å². The van der Waals surface area contributed by atoms with Crippen molar-refractivity contribution in [3.05, 3.63) is 54.2 Å². The van der Waals surface area contributed by atoms with Gasteiger partial charge in [0.15, 0.2) is 0 Å². The third kappa shape index (κ3) is 5.35. The maximum absolute atomic E-state index is 11.1. The molecule has 8 heteroatoms. The summed E-state index contributed by atoms with van der Waals surface area (Å²) >= 11 is 0. The van der Waals surface area contributed by atoms with Crippen molar-refractivity contribution in [1.29, 1.82) is 0 Å². The maximum Gasteiger partial charge on any atom is 0.229 e. The molecule has 1 amide bonds. The van der Waals surface area contributed by atoms with Gasteiger partial charge in [-0.1, -0.05) is 0 Å². The van der Waals surface area contributed by atoms with Crippen LogP contribution in [0.25, 0.3) is 0 Å². The highest BCUT2D eigenvalue weighted by molar-refractivity contribution is 5.88. The van der Waals surface area contributed by atoms with E-state index in [1.807, 2.05) is 43.3 Å². The summed E-state index contributed by atoms with van der Waals surface area (Å²) in [5.41, 5.74) is 3.05. The van der Waals surface area contributed by atoms with Gasteiger partial charge in [-0.05, 0) is 43.3 Å². The highest BCUT2D eigenvalue weighted by Gasteiger charge is 2.09. The number of hydrogen-bond donors (Lipinski definition) is 3. The molecule has 29 heavy (non-hydrogen) atoms. The number of nitrogens with one attached hydrogen (secondary N) is 3. The zero-order chi connectivity index (χ0) is 20.8. The van der Waals surface area contributed by atoms with Gasteiger partial charge in [-0.15, -0.1) is 0 Å². The van der Waals surface area contributed by atoms with Crippen LogP contribution in [-0.4, -0.2) is 30.1 Å². The van der Waals surface area contributed by atoms with Gasteiger partial charge in [0, 0.05) is 36.1 Å². The molecular formula is C21H23N5O3. The Morgan fingerprint density at radius 1 is 0.897 bits per heavy atom. The Hall–Kier alpha value is -3.81. The monoisotopic (exact) mass is 393 g/mol. The topological polar surface area (TPSA) is 97.4 Å². The van der Waals surface area contributed by atoms with Crippen molar-refractivity contribution in [1.82, 2.24) is 9.97 Å². The Morgan fingerprint density at radius 2 is 1.62 bits per heavy atom. The number of carbonyl (C=O) groups excluding carboxylic acids is 1. The summed E-state index contributed by atoms with van der Waals surface area (Å²) in [6, 6.07) is 14.6. The number of nitrogens with zero attached hydrogens (tertiary/aromatic N) is 2. The first-order chi connectivity index (χ1) is 14.0. The molecule has 0 aliphatic rings. The lowest BCUT2D eigenvalue weighted by Crippen LogP contribution is -2.06. The van der Waals surface area contributed by atoms with E-state index in [9.17, 15) is 4.79 Å². The average molecular weight is 393 g/mol. The SMILES string of the molecule is COc1ccc(OC)c(Nc2cc(C)nc(Nc3ccc(NC(C)=O)cc3)n2)c1. The molecule has 0 saturated heterocycles. The normalized spacial score (nSPS) is 10.2. The summed E-state index contributed by atoms with van der Waals surface area (Å²) in [7, 11) is 3.22. The van der Waals surface area contributed by atoms with Gasteiger partial charge in [0.1, 0.15) is 17.3 Å². The number of rotatable bonds is 7. The summed E-state index contributed by atoms with van der Waals surface area (Å²) in [5, 5.41) is 9.16. The number of hydrogen-bond acceptors (Lipinski definition) is 7. The Kier molecular flexibility index (Phi) is 6.13. The lowest BCUT2D eigenvalue weighted by molar-refractivity contribution is -0.114. The molecule has 3 N–H and O–H groups in total. The van der Waals surface area contributed by atoms with E-state index in [0.717, 1.165) is 22.8 Å². The van der Waals surface area contributed by atoms with Crippen LogP contribution in [0.15, 0.2) is 48.5 Å². The quantitative estimate of drug-likeness (QED) is 0.552. The van der Waals surface area contributed by atoms with Crippen LogP contribution in [0.2, 0.25) is 0 Å². The highest BCUT2D eigenvalue weighted by Crippen LogP contribution is 2.31. The van der Waals surface area contributed by atoms with Crippen LogP contribution in [-0.2, 0) is 4.79 Å². The number of amides is 1. The van der Waals surface area contributed by atoms with E-state index in [2.05, 4.69) is 25.9 Å². The Bertz CT molecular complexity index is 1010. The van der Waals surface area contributed by atoms with Crippen molar-refractivity contribution in [2.45, 2.75) is 13.8 Å². The lowest BCUT2D eigenvalue weighted by Gasteiger charge is -2.14. The second kappa shape index (κ2) is 8.92. The number of aryl methyl sites for hydroxylation is 1. The molecule has 0 radical (unpaired) electrons. The summed E-state index contributed by atoms with van der Waals surface area (Å²) in [4.78, 5) is 20.1. The molecule has 0 atom stereocenters. The molecule has 150 valence electrons. The van der Waals surface area contributed by atoms with Gasteiger partial charge in [-0.2, -0.15) is 4.98 Å². The number of aromatic nitrogens is 2. The van der Waals surface area contributed by atoms with Gasteiger partial charge in [0.05, 0.1) is 19.9 Å². The lowest BCUT2D eigenvalue weighted by atomic mass is 10.2. The number of carbonyl (C=O) groups is 1. The minimum absolute atomic E-state index is 0.114. The Balaban J connectivity index is 1.81. The smallest absolute Gasteiger partial charge is 0.229 e. The number of ether oxygens (including phenoxy) is 2. The van der Waals surface area contributed by atoms with E-state index >= 15 is 0 Å². The average Bonchev–Trinajstić information content (AvgIpc) is 2.68. The maximum atomic E-state index is 11.1. The van der Waals surface area contributed by atoms with E-state index in [-0.39, 0.29) is 5.91 Å². The molecule has 1 heterocycles. The van der Waals surface area contributed by atoms with Gasteiger partial charge >= 0.3 is 0 Å². The van der Waals surface area contributed by atoms with E-state index in [1.165, 1.54) is 6.92 Å². The van der Waals surface area contributed by atoms with Crippen LogP contribution in [0.5, 0.6) is 11.5 Å². The number of benzene rings is 2. The summed E-state index contributed by atoms with van der Waals surface area (Å²) in [6.45, 7) is 3.36. The Labute approximate surface area is 169 Å². The van der Waals surface area contributed by atoms with Crippen LogP contribution in [0.3, 0.4) is 0 Å². The number of anilines is 5. The summed E-state index contributed by atoms with van der Waals surface area (Å²) < 4.78 is 10.7. The van der Waals surface area contributed by atoms with E-state index < -0.39 is 0 Å². The first-order valence-corrected chi connectivity index (χ1v) is 8.96. The van der Waals surface area contributed by atoms with E-state index in [0.29, 0.717) is 23.3 Å². The van der Waals surface area contributed by atoms with Crippen molar-refractivity contribution in [3.8, 4) is 11.5 Å². The molecule has 8 nitrogen and oxygen atoms in total. The third-order valence-electron chi connectivity index (χ3n) is 3.99. The molecule has 0 aliphatic carbocycles. The van der Waals surface area contributed by atoms with Crippen LogP contribution in [0.1, 0.15) is 12.6 Å². The third-order valence-corrected chi connectivity index (χ3v) is 3.99. The predicted octanol–water partition coefficient (Wildman–Crippen LogP) is 4.25. The first kappa shape index (κ1) is 19.9. The van der Waals surface area contributed by atoms with Crippen LogP contribution >= 0.6 is 0 Å². The van der Waals surface area contributed by atoms with Crippen LogP contribution in [0, 0.1) is 6.92 Å². The van der Waals surface area contributed by atoms with Gasteiger partial charge in [0.25, 0.3) is 0 Å². The van der Waals surface area contributed by atoms with Crippen molar-refractivity contribution >= 4 is 34.7 Å². The van der Waals surface area contributed by atoms with Gasteiger partial charge in [0.2, 0.25) is 11.9 Å². The molecule has 0 unspecified atom stereocenters. The predicted molar refractivity (Wildman–Crippen MR) is 114 cm³/mol. The molecule has 0 aliphatic heterocycles. The standard InChI is InChI=1S/C21H23N5O3/c1-13-11-20(25-18-12-17(28-3)9-10-19(18)29-4)26-21(22-13)24-16-7-5-15(6-8-16)23-14(2)27/h5-12H,1-4H3,(H,23,27)(H2,22,24,25,26). The fraction of sp³-hybridized carbons (Fsp3) is 0.190. The number of methoxy groups -OCH3 is 2. The van der Waals surface area contributed by atoms with Crippen LogP contribution < -0.4 is 25.4 Å². The fourth-order valence-electron chi connectivity index (χ4n) is 2.71. The summed E-state index contributed by atoms with van der Waals surface area (Å²) in [6.07, 6.45) is 0. The zero-order valence-electron chi connectivity index (χ0n) is 16.7.